The summed E-state index contributed by atoms with van der Waals surface area (Å²) >= 11 is 5.70. The average Bonchev–Trinajstić information content (AvgIpc) is 2.37. The van der Waals surface area contributed by atoms with Crippen LogP contribution in [0.3, 0.4) is 0 Å². The molecule has 110 valence electrons. The lowest BCUT2D eigenvalue weighted by Gasteiger charge is -2.09. The number of carbonyl (C=O) groups excluding carboxylic acids is 1. The molecule has 1 aromatic rings. The number of aryl methyl sites for hydroxylation is 3. The van der Waals surface area contributed by atoms with E-state index in [2.05, 4.69) is 4.40 Å². The smallest absolute Gasteiger partial charge is 0.283 e. The van der Waals surface area contributed by atoms with E-state index in [0.29, 0.717) is 5.56 Å². The van der Waals surface area contributed by atoms with Crippen LogP contribution in [0.1, 0.15) is 16.7 Å². The first-order chi connectivity index (χ1) is 9.70. The summed E-state index contributed by atoms with van der Waals surface area (Å²) in [5.41, 5.74) is 2.66. The standard InChI is InChI=1S/C15H14ClNO3S/c1-9-6-11(3)15(7-10(9)2)21(19,20)17-12-4-5-14(18)13(16)8-12/h4-8H,1-3H3/b17-12-. The third-order valence-corrected chi connectivity index (χ3v) is 4.95. The summed E-state index contributed by atoms with van der Waals surface area (Å²) in [6.45, 7) is 5.49. The highest BCUT2D eigenvalue weighted by atomic mass is 35.5. The Morgan fingerprint density at radius 2 is 1.62 bits per heavy atom. The highest BCUT2D eigenvalue weighted by Crippen LogP contribution is 2.22. The summed E-state index contributed by atoms with van der Waals surface area (Å²) < 4.78 is 28.5. The monoisotopic (exact) mass is 323 g/mol. The summed E-state index contributed by atoms with van der Waals surface area (Å²) in [6.07, 6.45) is 3.78. The summed E-state index contributed by atoms with van der Waals surface area (Å²) in [5.74, 6) is -0.365. The van der Waals surface area contributed by atoms with E-state index in [1.54, 1.807) is 13.0 Å². The highest BCUT2D eigenvalue weighted by Gasteiger charge is 2.19. The second-order valence-corrected chi connectivity index (χ2v) is 6.86. The molecule has 0 unspecified atom stereocenters. The normalized spacial score (nSPS) is 17.2. The maximum Gasteiger partial charge on any atom is 0.283 e. The van der Waals surface area contributed by atoms with E-state index in [1.807, 2.05) is 19.9 Å². The Labute approximate surface area is 128 Å². The fourth-order valence-electron chi connectivity index (χ4n) is 1.95. The molecular formula is C15H14ClNO3S. The van der Waals surface area contributed by atoms with Crippen molar-refractivity contribution in [2.45, 2.75) is 25.7 Å². The van der Waals surface area contributed by atoms with Gasteiger partial charge in [-0.2, -0.15) is 12.8 Å². The Balaban J connectivity index is 2.52. The number of nitrogens with zero attached hydrogens (tertiary/aromatic N) is 1. The molecule has 1 aliphatic carbocycles. The number of rotatable bonds is 2. The van der Waals surface area contributed by atoms with E-state index in [0.717, 1.165) is 11.1 Å². The minimum atomic E-state index is -3.85. The number of hydrogen-bond donors (Lipinski definition) is 0. The van der Waals surface area contributed by atoms with Gasteiger partial charge in [0.25, 0.3) is 10.0 Å². The van der Waals surface area contributed by atoms with Crippen molar-refractivity contribution in [2.75, 3.05) is 0 Å². The fraction of sp³-hybridized carbons (Fsp3) is 0.200. The van der Waals surface area contributed by atoms with Crippen molar-refractivity contribution >= 4 is 33.1 Å². The molecule has 0 N–H and O–H groups in total. The molecule has 1 aromatic carbocycles. The van der Waals surface area contributed by atoms with Crippen LogP contribution in [-0.2, 0) is 14.8 Å². The second-order valence-electron chi connectivity index (χ2n) is 4.88. The topological polar surface area (TPSA) is 63.6 Å². The third-order valence-electron chi connectivity index (χ3n) is 3.21. The minimum Gasteiger partial charge on any atom is -0.288 e. The van der Waals surface area contributed by atoms with Crippen LogP contribution >= 0.6 is 11.6 Å². The SMILES string of the molecule is Cc1cc(C)c(S(=O)(=O)/N=C2/C=CC(=O)C(Cl)=C2)cc1C. The van der Waals surface area contributed by atoms with Crippen LogP contribution in [0.25, 0.3) is 0 Å². The zero-order valence-electron chi connectivity index (χ0n) is 11.8. The first-order valence-corrected chi connectivity index (χ1v) is 8.05. The molecule has 0 saturated heterocycles. The average molecular weight is 324 g/mol. The second kappa shape index (κ2) is 5.58. The van der Waals surface area contributed by atoms with Crippen LogP contribution in [0.5, 0.6) is 0 Å². The van der Waals surface area contributed by atoms with E-state index in [9.17, 15) is 13.2 Å². The molecule has 0 aromatic heterocycles. The van der Waals surface area contributed by atoms with Gasteiger partial charge in [-0.3, -0.25) is 4.79 Å². The molecular weight excluding hydrogens is 310 g/mol. The van der Waals surface area contributed by atoms with Gasteiger partial charge >= 0.3 is 0 Å². The van der Waals surface area contributed by atoms with Gasteiger partial charge in [-0.15, -0.1) is 0 Å². The zero-order chi connectivity index (χ0) is 15.8. The minimum absolute atomic E-state index is 0.0525. The lowest BCUT2D eigenvalue weighted by atomic mass is 10.1. The summed E-state index contributed by atoms with van der Waals surface area (Å²) in [7, 11) is -3.85. The van der Waals surface area contributed by atoms with Crippen LogP contribution in [-0.4, -0.2) is 19.9 Å². The summed E-state index contributed by atoms with van der Waals surface area (Å²) in [6, 6.07) is 3.42. The van der Waals surface area contributed by atoms with E-state index in [-0.39, 0.29) is 21.4 Å². The van der Waals surface area contributed by atoms with Crippen molar-refractivity contribution in [3.8, 4) is 0 Å². The molecule has 0 fully saturated rings. The summed E-state index contributed by atoms with van der Waals surface area (Å²) in [5, 5.41) is -0.0525. The summed E-state index contributed by atoms with van der Waals surface area (Å²) in [4.78, 5) is 11.4. The van der Waals surface area contributed by atoms with Crippen LogP contribution in [0.2, 0.25) is 0 Å². The van der Waals surface area contributed by atoms with Gasteiger partial charge in [0.1, 0.15) is 0 Å². The van der Waals surface area contributed by atoms with Gasteiger partial charge in [0, 0.05) is 0 Å². The van der Waals surface area contributed by atoms with Crippen molar-refractivity contribution < 1.29 is 13.2 Å². The molecule has 2 rings (SSSR count). The number of hydrogen-bond acceptors (Lipinski definition) is 3. The molecule has 0 bridgehead atoms. The molecule has 0 spiro atoms. The fourth-order valence-corrected chi connectivity index (χ4v) is 3.40. The predicted molar refractivity (Wildman–Crippen MR) is 83.4 cm³/mol. The Kier molecular flexibility index (Phi) is 4.16. The molecule has 0 amide bonds. The Hall–Kier alpha value is -1.72. The molecule has 4 nitrogen and oxygen atoms in total. The van der Waals surface area contributed by atoms with Crippen molar-refractivity contribution in [1.82, 2.24) is 0 Å². The third kappa shape index (κ3) is 3.31. The van der Waals surface area contributed by atoms with Crippen molar-refractivity contribution in [1.29, 1.82) is 0 Å². The Bertz CT molecular complexity index is 818. The Morgan fingerprint density at radius 1 is 1.00 bits per heavy atom. The lowest BCUT2D eigenvalue weighted by Crippen LogP contribution is -2.08. The number of carbonyl (C=O) groups is 1. The number of halogens is 1. The number of benzene rings is 1. The number of ketones is 1. The van der Waals surface area contributed by atoms with E-state index < -0.39 is 10.0 Å². The number of allylic oxidation sites excluding steroid dienone is 4. The van der Waals surface area contributed by atoms with Gasteiger partial charge in [-0.05, 0) is 61.8 Å². The predicted octanol–water partition coefficient (Wildman–Crippen LogP) is 3.00. The zero-order valence-corrected chi connectivity index (χ0v) is 13.4. The van der Waals surface area contributed by atoms with Gasteiger partial charge < -0.3 is 0 Å². The van der Waals surface area contributed by atoms with Crippen molar-refractivity contribution in [2.24, 2.45) is 4.40 Å². The van der Waals surface area contributed by atoms with Crippen LogP contribution in [0.15, 0.2) is 44.7 Å². The first-order valence-electron chi connectivity index (χ1n) is 6.23. The van der Waals surface area contributed by atoms with E-state index in [4.69, 9.17) is 11.6 Å². The highest BCUT2D eigenvalue weighted by molar-refractivity contribution is 7.90. The molecule has 0 saturated carbocycles. The molecule has 0 heterocycles. The van der Waals surface area contributed by atoms with Crippen LogP contribution in [0.4, 0.5) is 0 Å². The molecule has 1 aliphatic rings. The van der Waals surface area contributed by atoms with Crippen LogP contribution in [0, 0.1) is 20.8 Å². The van der Waals surface area contributed by atoms with Gasteiger partial charge in [-0.1, -0.05) is 17.7 Å². The van der Waals surface area contributed by atoms with Gasteiger partial charge in [0.05, 0.1) is 15.6 Å². The molecule has 0 aliphatic heterocycles. The number of sulfonamides is 1. The lowest BCUT2D eigenvalue weighted by molar-refractivity contribution is -0.110. The largest absolute Gasteiger partial charge is 0.288 e. The quantitative estimate of drug-likeness (QED) is 0.786. The molecule has 0 radical (unpaired) electrons. The van der Waals surface area contributed by atoms with Gasteiger partial charge in [0.15, 0.2) is 5.78 Å². The maximum absolute atomic E-state index is 12.4. The van der Waals surface area contributed by atoms with E-state index >= 15 is 0 Å². The molecule has 21 heavy (non-hydrogen) atoms. The van der Waals surface area contributed by atoms with E-state index in [1.165, 1.54) is 18.2 Å². The van der Waals surface area contributed by atoms with Crippen molar-refractivity contribution in [3.05, 3.63) is 52.1 Å². The Morgan fingerprint density at radius 3 is 2.24 bits per heavy atom. The van der Waals surface area contributed by atoms with Crippen molar-refractivity contribution in [3.63, 3.8) is 0 Å². The maximum atomic E-state index is 12.4. The molecule has 6 heteroatoms. The van der Waals surface area contributed by atoms with Crippen LogP contribution < -0.4 is 0 Å². The van der Waals surface area contributed by atoms with Gasteiger partial charge in [0.2, 0.25) is 0 Å². The van der Waals surface area contributed by atoms with Gasteiger partial charge in [-0.25, -0.2) is 0 Å². The molecule has 0 atom stereocenters. The first kappa shape index (κ1) is 15.7.